The van der Waals surface area contributed by atoms with E-state index in [0.717, 1.165) is 12.1 Å². The Hall–Kier alpha value is -1.51. The van der Waals surface area contributed by atoms with Gasteiger partial charge in [-0.15, -0.1) is 0 Å². The Labute approximate surface area is 124 Å². The number of nitro benzene ring substituents is 1. The van der Waals surface area contributed by atoms with Gasteiger partial charge in [0, 0.05) is 18.7 Å². The molecule has 0 heterocycles. The minimum Gasteiger partial charge on any atom is -0.393 e. The van der Waals surface area contributed by atoms with Crippen LogP contribution in [0.5, 0.6) is 0 Å². The summed E-state index contributed by atoms with van der Waals surface area (Å²) in [6, 6.07) is 4.64. The number of non-ortho nitro benzene ring substituents is 1. The third-order valence-electron chi connectivity index (χ3n) is 3.07. The predicted octanol–water partition coefficient (Wildman–Crippen LogP) is 1.67. The molecule has 1 aromatic rings. The van der Waals surface area contributed by atoms with Gasteiger partial charge in [0.1, 0.15) is 0 Å². The number of benzene rings is 1. The summed E-state index contributed by atoms with van der Waals surface area (Å²) >= 11 is 0. The Morgan fingerprint density at radius 2 is 1.81 bits per heavy atom. The first-order valence-corrected chi connectivity index (χ1v) is 7.94. The predicted molar refractivity (Wildman–Crippen MR) is 78.4 cm³/mol. The maximum atomic E-state index is 12.0. The Morgan fingerprint density at radius 3 is 2.24 bits per heavy atom. The van der Waals surface area contributed by atoms with Gasteiger partial charge in [-0.25, -0.2) is 13.1 Å². The van der Waals surface area contributed by atoms with E-state index in [-0.39, 0.29) is 29.0 Å². The lowest BCUT2D eigenvalue weighted by Crippen LogP contribution is -2.32. The molecule has 1 aromatic carbocycles. The Morgan fingerprint density at radius 1 is 1.29 bits per heavy atom. The van der Waals surface area contributed by atoms with Crippen molar-refractivity contribution in [3.05, 3.63) is 34.4 Å². The number of nitrogens with one attached hydrogen (secondary N) is 1. The van der Waals surface area contributed by atoms with E-state index in [0.29, 0.717) is 0 Å². The highest BCUT2D eigenvalue weighted by Gasteiger charge is 2.22. The van der Waals surface area contributed by atoms with Gasteiger partial charge < -0.3 is 5.11 Å². The monoisotopic (exact) mass is 316 g/mol. The van der Waals surface area contributed by atoms with Gasteiger partial charge in [-0.2, -0.15) is 0 Å². The van der Waals surface area contributed by atoms with E-state index < -0.39 is 21.1 Å². The highest BCUT2D eigenvalue weighted by molar-refractivity contribution is 7.89. The maximum Gasteiger partial charge on any atom is 0.269 e. The third-order valence-corrected chi connectivity index (χ3v) is 4.54. The summed E-state index contributed by atoms with van der Waals surface area (Å²) in [7, 11) is -3.73. The van der Waals surface area contributed by atoms with Crippen molar-refractivity contribution in [2.24, 2.45) is 5.41 Å². The van der Waals surface area contributed by atoms with Gasteiger partial charge in [0.05, 0.1) is 15.9 Å². The quantitative estimate of drug-likeness (QED) is 0.613. The van der Waals surface area contributed by atoms with Crippen molar-refractivity contribution in [3.8, 4) is 0 Å². The molecule has 0 aliphatic heterocycles. The summed E-state index contributed by atoms with van der Waals surface area (Å²) in [5.74, 6) is 0. The Kier molecular flexibility index (Phi) is 5.43. The van der Waals surface area contributed by atoms with Crippen LogP contribution in [0.2, 0.25) is 0 Å². The van der Waals surface area contributed by atoms with Gasteiger partial charge >= 0.3 is 0 Å². The minimum absolute atomic E-state index is 0.0432. The first-order valence-electron chi connectivity index (χ1n) is 6.46. The first-order chi connectivity index (χ1) is 9.54. The average Bonchev–Trinajstić information content (AvgIpc) is 2.37. The zero-order valence-electron chi connectivity index (χ0n) is 12.2. The Balaban J connectivity index is 2.68. The molecule has 0 fully saturated rings. The molecule has 2 N–H and O–H groups in total. The van der Waals surface area contributed by atoms with Crippen LogP contribution in [0.3, 0.4) is 0 Å². The van der Waals surface area contributed by atoms with Crippen LogP contribution in [-0.2, 0) is 10.0 Å². The molecule has 1 atom stereocenters. The van der Waals surface area contributed by atoms with Crippen molar-refractivity contribution < 1.29 is 18.4 Å². The minimum atomic E-state index is -3.73. The number of aliphatic hydroxyl groups is 1. The molecule has 1 unspecified atom stereocenters. The van der Waals surface area contributed by atoms with Crippen molar-refractivity contribution in [1.82, 2.24) is 4.72 Å². The second-order valence-electron chi connectivity index (χ2n) is 5.82. The molecule has 0 aliphatic rings. The van der Waals surface area contributed by atoms with Crippen molar-refractivity contribution in [2.75, 3.05) is 6.54 Å². The van der Waals surface area contributed by atoms with Crippen molar-refractivity contribution >= 4 is 15.7 Å². The second-order valence-corrected chi connectivity index (χ2v) is 7.59. The fourth-order valence-electron chi connectivity index (χ4n) is 1.59. The average molecular weight is 316 g/mol. The summed E-state index contributed by atoms with van der Waals surface area (Å²) in [5.41, 5.74) is -0.490. The van der Waals surface area contributed by atoms with Gasteiger partial charge in [-0.3, -0.25) is 10.1 Å². The molecule has 0 saturated heterocycles. The van der Waals surface area contributed by atoms with Crippen LogP contribution in [0.15, 0.2) is 29.2 Å². The molecule has 118 valence electrons. The number of hydrogen-bond acceptors (Lipinski definition) is 5. The van der Waals surface area contributed by atoms with Crippen molar-refractivity contribution in [1.29, 1.82) is 0 Å². The number of nitrogens with zero attached hydrogens (tertiary/aromatic N) is 1. The molecule has 0 bridgehead atoms. The fourth-order valence-corrected chi connectivity index (χ4v) is 2.64. The topological polar surface area (TPSA) is 110 Å². The van der Waals surface area contributed by atoms with E-state index in [2.05, 4.69) is 4.72 Å². The number of rotatable bonds is 6. The zero-order chi connectivity index (χ0) is 16.3. The van der Waals surface area contributed by atoms with Crippen LogP contribution in [0, 0.1) is 15.5 Å². The molecular formula is C13H20N2O5S. The lowest BCUT2D eigenvalue weighted by molar-refractivity contribution is -0.384. The Bertz CT molecular complexity index is 590. The van der Waals surface area contributed by atoms with E-state index >= 15 is 0 Å². The van der Waals surface area contributed by atoms with Crippen molar-refractivity contribution in [3.63, 3.8) is 0 Å². The molecule has 8 heteroatoms. The van der Waals surface area contributed by atoms with E-state index in [4.69, 9.17) is 0 Å². The van der Waals surface area contributed by atoms with Crippen LogP contribution >= 0.6 is 0 Å². The van der Waals surface area contributed by atoms with E-state index in [1.54, 1.807) is 0 Å². The summed E-state index contributed by atoms with van der Waals surface area (Å²) in [6.07, 6.45) is -0.340. The first kappa shape index (κ1) is 17.5. The molecule has 0 aliphatic carbocycles. The van der Waals surface area contributed by atoms with Crippen LogP contribution in [0.1, 0.15) is 27.2 Å². The van der Waals surface area contributed by atoms with Gasteiger partial charge in [-0.05, 0) is 24.0 Å². The molecule has 0 amide bonds. The lowest BCUT2D eigenvalue weighted by Gasteiger charge is -2.25. The maximum absolute atomic E-state index is 12.0. The van der Waals surface area contributed by atoms with Crippen LogP contribution in [0.4, 0.5) is 5.69 Å². The third kappa shape index (κ3) is 5.07. The van der Waals surface area contributed by atoms with Crippen LogP contribution in [-0.4, -0.2) is 31.1 Å². The van der Waals surface area contributed by atoms with E-state index in [9.17, 15) is 23.6 Å². The molecule has 1 rings (SSSR count). The normalized spacial score (nSPS) is 13.9. The summed E-state index contributed by atoms with van der Waals surface area (Å²) in [6.45, 7) is 5.69. The van der Waals surface area contributed by atoms with Crippen LogP contribution < -0.4 is 4.72 Å². The number of aliphatic hydroxyl groups excluding tert-OH is 1. The van der Waals surface area contributed by atoms with E-state index in [1.165, 1.54) is 12.1 Å². The zero-order valence-corrected chi connectivity index (χ0v) is 13.1. The molecule has 7 nitrogen and oxygen atoms in total. The van der Waals surface area contributed by atoms with Crippen molar-refractivity contribution in [2.45, 2.75) is 38.2 Å². The molecule has 21 heavy (non-hydrogen) atoms. The molecule has 0 aromatic heterocycles. The number of sulfonamides is 1. The molecule has 0 spiro atoms. The lowest BCUT2D eigenvalue weighted by atomic mass is 9.87. The highest BCUT2D eigenvalue weighted by Crippen LogP contribution is 2.21. The standard InChI is InChI=1S/C13H20N2O5S/c1-13(2,3)12(16)8-9-14-21(19,20)11-6-4-10(5-7-11)15(17)18/h4-7,12,14,16H,8-9H2,1-3H3. The summed E-state index contributed by atoms with van der Waals surface area (Å²) in [4.78, 5) is 9.88. The van der Waals surface area contributed by atoms with Gasteiger partial charge in [-0.1, -0.05) is 20.8 Å². The molecule has 0 radical (unpaired) electrons. The number of hydrogen-bond donors (Lipinski definition) is 2. The van der Waals surface area contributed by atoms with E-state index in [1.807, 2.05) is 20.8 Å². The smallest absolute Gasteiger partial charge is 0.269 e. The summed E-state index contributed by atoms with van der Waals surface area (Å²) in [5, 5.41) is 20.4. The largest absolute Gasteiger partial charge is 0.393 e. The van der Waals surface area contributed by atoms with Gasteiger partial charge in [0.15, 0.2) is 0 Å². The summed E-state index contributed by atoms with van der Waals surface area (Å²) < 4.78 is 26.3. The highest BCUT2D eigenvalue weighted by atomic mass is 32.2. The van der Waals surface area contributed by atoms with Crippen LogP contribution in [0.25, 0.3) is 0 Å². The second kappa shape index (κ2) is 6.50. The SMILES string of the molecule is CC(C)(C)C(O)CCNS(=O)(=O)c1ccc([N+](=O)[O-])cc1. The molecular weight excluding hydrogens is 296 g/mol. The van der Waals surface area contributed by atoms with Gasteiger partial charge in [0.2, 0.25) is 10.0 Å². The fraction of sp³-hybridized carbons (Fsp3) is 0.538. The van der Waals surface area contributed by atoms with Gasteiger partial charge in [0.25, 0.3) is 5.69 Å². The number of nitro groups is 1. The molecule has 0 saturated carbocycles.